The molecule has 1 aromatic rings. The third-order valence-corrected chi connectivity index (χ3v) is 4.06. The average molecular weight is 291 g/mol. The van der Waals surface area contributed by atoms with E-state index in [1.54, 1.807) is 11.3 Å². The molecule has 0 amide bonds. The zero-order chi connectivity index (χ0) is 11.3. The van der Waals surface area contributed by atoms with Crippen molar-refractivity contribution in [2.75, 3.05) is 6.54 Å². The van der Waals surface area contributed by atoms with Gasteiger partial charge in [-0.25, -0.2) is 0 Å². The maximum atomic E-state index is 3.53. The molecule has 0 aliphatic heterocycles. The van der Waals surface area contributed by atoms with Crippen LogP contribution in [0.3, 0.4) is 0 Å². The van der Waals surface area contributed by atoms with Crippen molar-refractivity contribution in [2.45, 2.75) is 39.4 Å². The number of nitrogens with one attached hydrogen (secondary N) is 2. The van der Waals surface area contributed by atoms with Crippen LogP contribution in [0.2, 0.25) is 0 Å². The van der Waals surface area contributed by atoms with Crippen LogP contribution in [-0.4, -0.2) is 18.6 Å². The Labute approximate surface area is 105 Å². The number of rotatable bonds is 6. The summed E-state index contributed by atoms with van der Waals surface area (Å²) in [6.45, 7) is 8.50. The van der Waals surface area contributed by atoms with Crippen molar-refractivity contribution in [3.8, 4) is 0 Å². The molecule has 1 aromatic heterocycles. The van der Waals surface area contributed by atoms with Gasteiger partial charge in [0.25, 0.3) is 0 Å². The molecule has 0 fully saturated rings. The lowest BCUT2D eigenvalue weighted by atomic mass is 10.3. The second-order valence-corrected chi connectivity index (χ2v) is 5.89. The van der Waals surface area contributed by atoms with Gasteiger partial charge >= 0.3 is 0 Å². The highest BCUT2D eigenvalue weighted by Crippen LogP contribution is 2.22. The van der Waals surface area contributed by atoms with Gasteiger partial charge < -0.3 is 10.6 Å². The van der Waals surface area contributed by atoms with Crippen LogP contribution in [0, 0.1) is 0 Å². The predicted octanol–water partition coefficient (Wildman–Crippen LogP) is 2.99. The van der Waals surface area contributed by atoms with E-state index in [9.17, 15) is 0 Å². The highest BCUT2D eigenvalue weighted by molar-refractivity contribution is 9.10. The summed E-state index contributed by atoms with van der Waals surface area (Å²) in [6, 6.07) is 3.16. The van der Waals surface area contributed by atoms with Crippen LogP contribution in [-0.2, 0) is 6.54 Å². The number of hydrogen-bond acceptors (Lipinski definition) is 3. The summed E-state index contributed by atoms with van der Waals surface area (Å²) in [5.41, 5.74) is 0. The normalized spacial score (nSPS) is 13.4. The van der Waals surface area contributed by atoms with Crippen molar-refractivity contribution in [1.29, 1.82) is 0 Å². The Morgan fingerprint density at radius 2 is 2.07 bits per heavy atom. The van der Waals surface area contributed by atoms with Crippen molar-refractivity contribution in [2.24, 2.45) is 0 Å². The van der Waals surface area contributed by atoms with Crippen LogP contribution in [0.5, 0.6) is 0 Å². The fraction of sp³-hybridized carbons (Fsp3) is 0.636. The second-order valence-electron chi connectivity index (χ2n) is 4.04. The molecule has 0 bridgehead atoms. The molecule has 2 N–H and O–H groups in total. The molecule has 0 radical (unpaired) electrons. The molecule has 1 atom stereocenters. The first-order valence-corrected chi connectivity index (χ1v) is 6.95. The lowest BCUT2D eigenvalue weighted by Crippen LogP contribution is -2.38. The molecular formula is C11H19BrN2S. The topological polar surface area (TPSA) is 24.1 Å². The Morgan fingerprint density at radius 1 is 1.33 bits per heavy atom. The monoisotopic (exact) mass is 290 g/mol. The summed E-state index contributed by atoms with van der Waals surface area (Å²) >= 11 is 5.32. The van der Waals surface area contributed by atoms with Gasteiger partial charge in [0.2, 0.25) is 0 Å². The summed E-state index contributed by atoms with van der Waals surface area (Å²) in [7, 11) is 0. The van der Waals surface area contributed by atoms with Gasteiger partial charge in [0.15, 0.2) is 0 Å². The Bertz CT molecular complexity index is 286. The Kier molecular flexibility index (Phi) is 5.82. The van der Waals surface area contributed by atoms with Crippen LogP contribution in [0.15, 0.2) is 15.9 Å². The number of hydrogen-bond donors (Lipinski definition) is 2. The molecule has 4 heteroatoms. The predicted molar refractivity (Wildman–Crippen MR) is 71.5 cm³/mol. The highest BCUT2D eigenvalue weighted by atomic mass is 79.9. The Balaban J connectivity index is 2.22. The van der Waals surface area contributed by atoms with E-state index in [2.05, 4.69) is 58.8 Å². The average Bonchev–Trinajstić information content (AvgIpc) is 2.58. The van der Waals surface area contributed by atoms with E-state index in [1.165, 1.54) is 9.35 Å². The van der Waals surface area contributed by atoms with E-state index in [-0.39, 0.29) is 0 Å². The molecule has 0 aromatic carbocycles. The smallest absolute Gasteiger partial charge is 0.0327 e. The van der Waals surface area contributed by atoms with Crippen LogP contribution in [0.4, 0.5) is 0 Å². The molecule has 0 aliphatic rings. The fourth-order valence-electron chi connectivity index (χ4n) is 1.20. The van der Waals surface area contributed by atoms with Gasteiger partial charge in [-0.3, -0.25) is 0 Å². The minimum absolute atomic E-state index is 0.501. The summed E-state index contributed by atoms with van der Waals surface area (Å²) in [5.74, 6) is 0. The van der Waals surface area contributed by atoms with Crippen molar-refractivity contribution in [1.82, 2.24) is 10.6 Å². The maximum Gasteiger partial charge on any atom is 0.0327 e. The molecule has 1 rings (SSSR count). The molecule has 0 aliphatic carbocycles. The lowest BCUT2D eigenvalue weighted by Gasteiger charge is -2.16. The highest BCUT2D eigenvalue weighted by Gasteiger charge is 2.05. The summed E-state index contributed by atoms with van der Waals surface area (Å²) in [6.07, 6.45) is 0. The lowest BCUT2D eigenvalue weighted by molar-refractivity contribution is 0.475. The van der Waals surface area contributed by atoms with Gasteiger partial charge in [-0.15, -0.1) is 11.3 Å². The van der Waals surface area contributed by atoms with Gasteiger partial charge in [-0.2, -0.15) is 0 Å². The Morgan fingerprint density at radius 3 is 2.60 bits per heavy atom. The molecule has 0 saturated carbocycles. The van der Waals surface area contributed by atoms with E-state index in [0.717, 1.165) is 13.1 Å². The number of halogens is 1. The van der Waals surface area contributed by atoms with Crippen LogP contribution in [0.25, 0.3) is 0 Å². The van der Waals surface area contributed by atoms with Gasteiger partial charge in [0.05, 0.1) is 0 Å². The summed E-state index contributed by atoms with van der Waals surface area (Å²) < 4.78 is 1.21. The van der Waals surface area contributed by atoms with E-state index < -0.39 is 0 Å². The molecule has 1 unspecified atom stereocenters. The zero-order valence-corrected chi connectivity index (χ0v) is 11.9. The first-order valence-electron chi connectivity index (χ1n) is 5.28. The Hall–Kier alpha value is 0.100. The quantitative estimate of drug-likeness (QED) is 0.842. The third kappa shape index (κ3) is 5.11. The van der Waals surface area contributed by atoms with Crippen LogP contribution < -0.4 is 10.6 Å². The zero-order valence-electron chi connectivity index (χ0n) is 9.51. The van der Waals surface area contributed by atoms with Gasteiger partial charge in [-0.05, 0) is 34.3 Å². The van der Waals surface area contributed by atoms with Crippen molar-refractivity contribution in [3.63, 3.8) is 0 Å². The van der Waals surface area contributed by atoms with Gasteiger partial charge in [-0.1, -0.05) is 13.8 Å². The standard InChI is InChI=1S/C11H19BrN2S/c1-8(2)13-6-9(3)14-7-11-10(12)4-5-15-11/h4-5,8-9,13-14H,6-7H2,1-3H3. The van der Waals surface area contributed by atoms with Gasteiger partial charge in [0, 0.05) is 34.5 Å². The van der Waals surface area contributed by atoms with Gasteiger partial charge in [0.1, 0.15) is 0 Å². The second kappa shape index (κ2) is 6.63. The minimum atomic E-state index is 0.501. The van der Waals surface area contributed by atoms with Crippen molar-refractivity contribution < 1.29 is 0 Å². The SMILES string of the molecule is CC(C)NCC(C)NCc1sccc1Br. The van der Waals surface area contributed by atoms with E-state index in [0.29, 0.717) is 12.1 Å². The summed E-state index contributed by atoms with van der Waals surface area (Å²) in [4.78, 5) is 1.37. The molecule has 86 valence electrons. The molecule has 0 saturated heterocycles. The number of thiophene rings is 1. The van der Waals surface area contributed by atoms with Crippen LogP contribution in [0.1, 0.15) is 25.6 Å². The fourth-order valence-corrected chi connectivity index (χ4v) is 2.65. The summed E-state index contributed by atoms with van der Waals surface area (Å²) in [5, 5.41) is 9.03. The molecule has 0 spiro atoms. The van der Waals surface area contributed by atoms with E-state index in [4.69, 9.17) is 0 Å². The van der Waals surface area contributed by atoms with E-state index in [1.807, 2.05) is 0 Å². The van der Waals surface area contributed by atoms with E-state index >= 15 is 0 Å². The molecule has 1 heterocycles. The third-order valence-electron chi connectivity index (χ3n) is 2.13. The minimum Gasteiger partial charge on any atom is -0.313 e. The first-order chi connectivity index (χ1) is 7.09. The largest absolute Gasteiger partial charge is 0.313 e. The first kappa shape index (κ1) is 13.2. The maximum absolute atomic E-state index is 3.53. The van der Waals surface area contributed by atoms with Crippen molar-refractivity contribution in [3.05, 3.63) is 20.8 Å². The molecule has 15 heavy (non-hydrogen) atoms. The van der Waals surface area contributed by atoms with Crippen LogP contribution >= 0.6 is 27.3 Å². The van der Waals surface area contributed by atoms with Crippen molar-refractivity contribution >= 4 is 27.3 Å². The molecule has 2 nitrogen and oxygen atoms in total. The molecular weight excluding hydrogens is 272 g/mol.